The van der Waals surface area contributed by atoms with Gasteiger partial charge in [0.25, 0.3) is 5.91 Å². The number of aromatic nitrogens is 2. The van der Waals surface area contributed by atoms with E-state index in [1.165, 1.54) is 25.7 Å². The minimum Gasteiger partial charge on any atom is -0.366 e. The minimum absolute atomic E-state index is 0.236. The van der Waals surface area contributed by atoms with Crippen LogP contribution in [0, 0.1) is 0 Å². The zero-order valence-corrected chi connectivity index (χ0v) is 13.5. The molecular weight excluding hydrogens is 312 g/mol. The van der Waals surface area contributed by atoms with Crippen LogP contribution in [0.3, 0.4) is 0 Å². The van der Waals surface area contributed by atoms with Gasteiger partial charge in [-0.3, -0.25) is 4.79 Å². The quantitative estimate of drug-likeness (QED) is 0.881. The van der Waals surface area contributed by atoms with Crippen molar-refractivity contribution < 1.29 is 4.79 Å². The molecule has 1 saturated carbocycles. The molecule has 0 spiro atoms. The lowest BCUT2D eigenvalue weighted by Gasteiger charge is -2.11. The van der Waals surface area contributed by atoms with Gasteiger partial charge in [-0.25, -0.2) is 0 Å². The largest absolute Gasteiger partial charge is 0.366 e. The highest BCUT2D eigenvalue weighted by Crippen LogP contribution is 2.21. The molecule has 1 heterocycles. The molecule has 1 amide bonds. The second-order valence-corrected chi connectivity index (χ2v) is 6.18. The molecule has 2 N–H and O–H groups in total. The van der Waals surface area contributed by atoms with Gasteiger partial charge in [0.2, 0.25) is 0 Å². The van der Waals surface area contributed by atoms with E-state index in [0.717, 1.165) is 11.4 Å². The van der Waals surface area contributed by atoms with Crippen molar-refractivity contribution in [3.63, 3.8) is 0 Å². The van der Waals surface area contributed by atoms with Crippen LogP contribution in [-0.4, -0.2) is 22.1 Å². The van der Waals surface area contributed by atoms with Gasteiger partial charge in [-0.15, -0.1) is 10.2 Å². The smallest absolute Gasteiger partial charge is 0.272 e. The highest BCUT2D eigenvalue weighted by molar-refractivity contribution is 6.30. The number of hydrogen-bond donors (Lipinski definition) is 2. The molecule has 23 heavy (non-hydrogen) atoms. The van der Waals surface area contributed by atoms with Gasteiger partial charge >= 0.3 is 0 Å². The van der Waals surface area contributed by atoms with E-state index in [1.54, 1.807) is 18.2 Å². The van der Waals surface area contributed by atoms with Crippen LogP contribution in [0.1, 0.15) is 41.7 Å². The van der Waals surface area contributed by atoms with E-state index in [1.807, 2.05) is 18.2 Å². The molecule has 0 unspecified atom stereocenters. The first-order valence-corrected chi connectivity index (χ1v) is 8.21. The SMILES string of the molecule is O=C(NCc1ccc(Cl)cc1)c1ccc(NC2CCCC2)nn1. The number of carbonyl (C=O) groups is 1. The van der Waals surface area contributed by atoms with E-state index < -0.39 is 0 Å². The van der Waals surface area contributed by atoms with Crippen LogP contribution in [-0.2, 0) is 6.54 Å². The highest BCUT2D eigenvalue weighted by atomic mass is 35.5. The monoisotopic (exact) mass is 330 g/mol. The van der Waals surface area contributed by atoms with E-state index in [9.17, 15) is 4.79 Å². The Morgan fingerprint density at radius 3 is 2.48 bits per heavy atom. The molecular formula is C17H19ClN4O. The van der Waals surface area contributed by atoms with Crippen LogP contribution in [0.25, 0.3) is 0 Å². The third-order valence-electron chi connectivity index (χ3n) is 3.97. The number of carbonyl (C=O) groups excluding carboxylic acids is 1. The molecule has 1 fully saturated rings. The Hall–Kier alpha value is -2.14. The molecule has 6 heteroatoms. The summed E-state index contributed by atoms with van der Waals surface area (Å²) in [5.41, 5.74) is 1.30. The summed E-state index contributed by atoms with van der Waals surface area (Å²) >= 11 is 5.83. The number of hydrogen-bond acceptors (Lipinski definition) is 4. The molecule has 5 nitrogen and oxygen atoms in total. The van der Waals surface area contributed by atoms with E-state index in [0.29, 0.717) is 23.3 Å². The first-order valence-electron chi connectivity index (χ1n) is 7.83. The molecule has 1 aromatic carbocycles. The molecule has 0 aliphatic heterocycles. The number of anilines is 1. The second kappa shape index (κ2) is 7.42. The maximum Gasteiger partial charge on any atom is 0.272 e. The summed E-state index contributed by atoms with van der Waals surface area (Å²) in [6.07, 6.45) is 4.86. The van der Waals surface area contributed by atoms with Gasteiger partial charge in [0.05, 0.1) is 0 Å². The zero-order valence-electron chi connectivity index (χ0n) is 12.8. The highest BCUT2D eigenvalue weighted by Gasteiger charge is 2.15. The fraction of sp³-hybridized carbons (Fsp3) is 0.353. The Morgan fingerprint density at radius 2 is 1.83 bits per heavy atom. The lowest BCUT2D eigenvalue weighted by molar-refractivity contribution is 0.0945. The number of benzene rings is 1. The molecule has 3 rings (SSSR count). The molecule has 1 aliphatic carbocycles. The maximum absolute atomic E-state index is 12.1. The summed E-state index contributed by atoms with van der Waals surface area (Å²) in [7, 11) is 0. The molecule has 1 aliphatic rings. The van der Waals surface area contributed by atoms with Crippen molar-refractivity contribution in [2.45, 2.75) is 38.3 Å². The van der Waals surface area contributed by atoms with E-state index >= 15 is 0 Å². The Kier molecular flexibility index (Phi) is 5.08. The third-order valence-corrected chi connectivity index (χ3v) is 4.22. The van der Waals surface area contributed by atoms with Gasteiger partial charge in [0.1, 0.15) is 5.82 Å². The fourth-order valence-corrected chi connectivity index (χ4v) is 2.81. The van der Waals surface area contributed by atoms with Crippen LogP contribution < -0.4 is 10.6 Å². The molecule has 2 aromatic rings. The van der Waals surface area contributed by atoms with Gasteiger partial charge < -0.3 is 10.6 Å². The summed E-state index contributed by atoms with van der Waals surface area (Å²) in [5.74, 6) is 0.492. The minimum atomic E-state index is -0.236. The Labute approximate surface area is 140 Å². The van der Waals surface area contributed by atoms with Gasteiger partial charge in [0.15, 0.2) is 5.69 Å². The Balaban J connectivity index is 1.53. The van der Waals surface area contributed by atoms with Crippen molar-refractivity contribution >= 4 is 23.3 Å². The number of rotatable bonds is 5. The van der Waals surface area contributed by atoms with E-state index in [-0.39, 0.29) is 5.91 Å². The fourth-order valence-electron chi connectivity index (χ4n) is 2.68. The van der Waals surface area contributed by atoms with Crippen molar-refractivity contribution in [3.05, 3.63) is 52.7 Å². The van der Waals surface area contributed by atoms with E-state index in [4.69, 9.17) is 11.6 Å². The lowest BCUT2D eigenvalue weighted by Crippen LogP contribution is -2.24. The predicted molar refractivity (Wildman–Crippen MR) is 90.5 cm³/mol. The normalized spacial score (nSPS) is 14.7. The molecule has 120 valence electrons. The number of nitrogens with zero attached hydrogens (tertiary/aromatic N) is 2. The summed E-state index contributed by atoms with van der Waals surface area (Å²) < 4.78 is 0. The van der Waals surface area contributed by atoms with Crippen LogP contribution in [0.15, 0.2) is 36.4 Å². The maximum atomic E-state index is 12.1. The average molecular weight is 331 g/mol. The summed E-state index contributed by atoms with van der Waals surface area (Å²) in [6, 6.07) is 11.3. The topological polar surface area (TPSA) is 66.9 Å². The zero-order chi connectivity index (χ0) is 16.1. The van der Waals surface area contributed by atoms with Crippen LogP contribution in [0.2, 0.25) is 5.02 Å². The van der Waals surface area contributed by atoms with Gasteiger partial charge in [0, 0.05) is 17.6 Å². The third kappa shape index (κ3) is 4.42. The Morgan fingerprint density at radius 1 is 1.09 bits per heavy atom. The van der Waals surface area contributed by atoms with Crippen molar-refractivity contribution in [1.29, 1.82) is 0 Å². The lowest BCUT2D eigenvalue weighted by atomic mass is 10.2. The molecule has 0 bridgehead atoms. The van der Waals surface area contributed by atoms with Gasteiger partial charge in [-0.05, 0) is 42.7 Å². The standard InChI is InChI=1S/C17H19ClN4O/c18-13-7-5-12(6-8-13)11-19-17(23)15-9-10-16(22-21-15)20-14-3-1-2-4-14/h5-10,14H,1-4,11H2,(H,19,23)(H,20,22). The first kappa shape index (κ1) is 15.7. The number of amides is 1. The van der Waals surface area contributed by atoms with Crippen molar-refractivity contribution in [3.8, 4) is 0 Å². The van der Waals surface area contributed by atoms with Crippen molar-refractivity contribution in [2.24, 2.45) is 0 Å². The van der Waals surface area contributed by atoms with E-state index in [2.05, 4.69) is 20.8 Å². The number of nitrogens with one attached hydrogen (secondary N) is 2. The average Bonchev–Trinajstić information content (AvgIpc) is 3.08. The van der Waals surface area contributed by atoms with Crippen LogP contribution in [0.5, 0.6) is 0 Å². The van der Waals surface area contributed by atoms with Crippen LogP contribution in [0.4, 0.5) is 5.82 Å². The summed E-state index contributed by atoms with van der Waals surface area (Å²) in [4.78, 5) is 12.1. The second-order valence-electron chi connectivity index (χ2n) is 5.74. The summed E-state index contributed by atoms with van der Waals surface area (Å²) in [5, 5.41) is 14.9. The first-order chi connectivity index (χ1) is 11.2. The Bertz CT molecular complexity index is 651. The van der Waals surface area contributed by atoms with Crippen molar-refractivity contribution in [2.75, 3.05) is 5.32 Å². The van der Waals surface area contributed by atoms with Crippen molar-refractivity contribution in [1.82, 2.24) is 15.5 Å². The molecule has 0 saturated heterocycles. The predicted octanol–water partition coefficient (Wildman–Crippen LogP) is 3.41. The summed E-state index contributed by atoms with van der Waals surface area (Å²) in [6.45, 7) is 0.430. The molecule has 0 atom stereocenters. The van der Waals surface area contributed by atoms with Crippen LogP contribution >= 0.6 is 11.6 Å². The molecule has 1 aromatic heterocycles. The molecule has 0 radical (unpaired) electrons. The van der Waals surface area contributed by atoms with Gasteiger partial charge in [-0.1, -0.05) is 36.6 Å². The number of halogens is 1. The van der Waals surface area contributed by atoms with Gasteiger partial charge in [-0.2, -0.15) is 0 Å².